The first-order valence-electron chi connectivity index (χ1n) is 6.50. The van der Waals surface area contributed by atoms with Crippen LogP contribution >= 0.6 is 11.6 Å². The van der Waals surface area contributed by atoms with Crippen molar-refractivity contribution < 1.29 is 0 Å². The van der Waals surface area contributed by atoms with Gasteiger partial charge in [0.2, 0.25) is 0 Å². The Kier molecular flexibility index (Phi) is 3.95. The lowest BCUT2D eigenvalue weighted by molar-refractivity contribution is 0.369. The van der Waals surface area contributed by atoms with Crippen molar-refractivity contribution in [3.8, 4) is 0 Å². The van der Waals surface area contributed by atoms with Crippen molar-refractivity contribution in [2.45, 2.75) is 45.0 Å². The first-order chi connectivity index (χ1) is 8.95. The molecule has 0 aliphatic rings. The minimum Gasteiger partial charge on any atom is -0.308 e. The zero-order valence-corrected chi connectivity index (χ0v) is 12.6. The molecule has 1 heterocycles. The molecule has 2 rings (SSSR count). The maximum Gasteiger partial charge on any atom is 0.148 e. The summed E-state index contributed by atoms with van der Waals surface area (Å²) in [5, 5.41) is 8.59. The van der Waals surface area contributed by atoms with Crippen LogP contribution in [0.2, 0.25) is 0 Å². The summed E-state index contributed by atoms with van der Waals surface area (Å²) in [7, 11) is 0. The normalized spacial score (nSPS) is 13.5. The van der Waals surface area contributed by atoms with Gasteiger partial charge in [0.1, 0.15) is 11.6 Å². The van der Waals surface area contributed by atoms with E-state index in [1.165, 1.54) is 5.56 Å². The standard InChI is InChI=1S/C15H20ClN3/c1-11(12-8-6-5-7-9-12)14-18-17-13(10-16)19(14)15(2,3)4/h5-9,11H,10H2,1-4H3. The van der Waals surface area contributed by atoms with Crippen LogP contribution < -0.4 is 0 Å². The Morgan fingerprint density at radius 2 is 1.79 bits per heavy atom. The van der Waals surface area contributed by atoms with Crippen LogP contribution in [-0.2, 0) is 11.4 Å². The quantitative estimate of drug-likeness (QED) is 0.796. The molecular weight excluding hydrogens is 258 g/mol. The summed E-state index contributed by atoms with van der Waals surface area (Å²) >= 11 is 5.98. The maximum atomic E-state index is 5.98. The summed E-state index contributed by atoms with van der Waals surface area (Å²) in [5.74, 6) is 2.37. The van der Waals surface area contributed by atoms with E-state index in [9.17, 15) is 0 Å². The van der Waals surface area contributed by atoms with Crippen molar-refractivity contribution in [1.29, 1.82) is 0 Å². The van der Waals surface area contributed by atoms with Crippen molar-refractivity contribution >= 4 is 11.6 Å². The van der Waals surface area contributed by atoms with E-state index in [0.717, 1.165) is 11.6 Å². The van der Waals surface area contributed by atoms with E-state index in [2.05, 4.69) is 54.6 Å². The summed E-state index contributed by atoms with van der Waals surface area (Å²) < 4.78 is 2.15. The molecular formula is C15H20ClN3. The second-order valence-corrected chi connectivity index (χ2v) is 6.01. The van der Waals surface area contributed by atoms with Crippen LogP contribution in [0.5, 0.6) is 0 Å². The lowest BCUT2D eigenvalue weighted by Crippen LogP contribution is -2.27. The molecule has 0 amide bonds. The number of nitrogens with zero attached hydrogens (tertiary/aromatic N) is 3. The molecule has 0 spiro atoms. The van der Waals surface area contributed by atoms with Crippen molar-refractivity contribution in [3.05, 3.63) is 47.5 Å². The minimum absolute atomic E-state index is 0.0773. The van der Waals surface area contributed by atoms with Crippen LogP contribution in [-0.4, -0.2) is 14.8 Å². The van der Waals surface area contributed by atoms with Gasteiger partial charge >= 0.3 is 0 Å². The van der Waals surface area contributed by atoms with E-state index in [1.54, 1.807) is 0 Å². The third-order valence-corrected chi connectivity index (χ3v) is 3.47. The number of alkyl halides is 1. The topological polar surface area (TPSA) is 30.7 Å². The second-order valence-electron chi connectivity index (χ2n) is 5.75. The fourth-order valence-electron chi connectivity index (χ4n) is 2.32. The second kappa shape index (κ2) is 5.33. The number of benzene rings is 1. The zero-order chi connectivity index (χ0) is 14.0. The van der Waals surface area contributed by atoms with E-state index < -0.39 is 0 Å². The Labute approximate surface area is 119 Å². The van der Waals surface area contributed by atoms with E-state index in [-0.39, 0.29) is 11.5 Å². The van der Waals surface area contributed by atoms with Crippen molar-refractivity contribution in [2.24, 2.45) is 0 Å². The van der Waals surface area contributed by atoms with Gasteiger partial charge in [0, 0.05) is 11.5 Å². The van der Waals surface area contributed by atoms with Crippen molar-refractivity contribution in [1.82, 2.24) is 14.8 Å². The molecule has 1 atom stereocenters. The van der Waals surface area contributed by atoms with Gasteiger partial charge in [0.05, 0.1) is 5.88 Å². The molecule has 0 fully saturated rings. The Morgan fingerprint density at radius 3 is 2.32 bits per heavy atom. The predicted molar refractivity (Wildman–Crippen MR) is 78.5 cm³/mol. The Hall–Kier alpha value is -1.35. The van der Waals surface area contributed by atoms with Crippen LogP contribution in [0.25, 0.3) is 0 Å². The number of hydrogen-bond donors (Lipinski definition) is 0. The number of hydrogen-bond acceptors (Lipinski definition) is 2. The average molecular weight is 278 g/mol. The van der Waals surface area contributed by atoms with Crippen molar-refractivity contribution in [3.63, 3.8) is 0 Å². The fourth-order valence-corrected chi connectivity index (χ4v) is 2.49. The minimum atomic E-state index is -0.0773. The van der Waals surface area contributed by atoms with Gasteiger partial charge in [-0.1, -0.05) is 37.3 Å². The Morgan fingerprint density at radius 1 is 1.16 bits per heavy atom. The smallest absolute Gasteiger partial charge is 0.148 e. The number of halogens is 1. The molecule has 0 saturated carbocycles. The van der Waals surface area contributed by atoms with Crippen LogP contribution in [0, 0.1) is 0 Å². The highest BCUT2D eigenvalue weighted by molar-refractivity contribution is 6.16. The highest BCUT2D eigenvalue weighted by Gasteiger charge is 2.26. The lowest BCUT2D eigenvalue weighted by atomic mass is 9.98. The molecule has 0 bridgehead atoms. The van der Waals surface area contributed by atoms with Gasteiger partial charge in [0.25, 0.3) is 0 Å². The third-order valence-electron chi connectivity index (χ3n) is 3.23. The van der Waals surface area contributed by atoms with Gasteiger partial charge in [-0.15, -0.1) is 21.8 Å². The molecule has 0 aliphatic carbocycles. The largest absolute Gasteiger partial charge is 0.308 e. The van der Waals surface area contributed by atoms with Gasteiger partial charge < -0.3 is 4.57 Å². The van der Waals surface area contributed by atoms with E-state index >= 15 is 0 Å². The molecule has 0 radical (unpaired) electrons. The predicted octanol–water partition coefficient (Wildman–Crippen LogP) is 3.92. The van der Waals surface area contributed by atoms with Gasteiger partial charge in [-0.25, -0.2) is 0 Å². The Bertz CT molecular complexity index is 540. The van der Waals surface area contributed by atoms with E-state index in [4.69, 9.17) is 11.6 Å². The molecule has 2 aromatic rings. The molecule has 19 heavy (non-hydrogen) atoms. The number of rotatable bonds is 3. The van der Waals surface area contributed by atoms with Crippen molar-refractivity contribution in [2.75, 3.05) is 0 Å². The van der Waals surface area contributed by atoms with E-state index in [1.807, 2.05) is 18.2 Å². The first-order valence-corrected chi connectivity index (χ1v) is 7.04. The molecule has 1 aromatic heterocycles. The molecule has 102 valence electrons. The summed E-state index contributed by atoms with van der Waals surface area (Å²) in [5.41, 5.74) is 1.16. The van der Waals surface area contributed by atoms with E-state index in [0.29, 0.717) is 5.88 Å². The third kappa shape index (κ3) is 2.81. The first kappa shape index (κ1) is 14.1. The monoisotopic (exact) mass is 277 g/mol. The summed E-state index contributed by atoms with van der Waals surface area (Å²) in [6.07, 6.45) is 0. The summed E-state index contributed by atoms with van der Waals surface area (Å²) in [6, 6.07) is 10.4. The van der Waals surface area contributed by atoms with Crippen LogP contribution in [0.4, 0.5) is 0 Å². The van der Waals surface area contributed by atoms with Gasteiger partial charge in [-0.2, -0.15) is 0 Å². The molecule has 4 heteroatoms. The molecule has 1 unspecified atom stereocenters. The maximum absolute atomic E-state index is 5.98. The lowest BCUT2D eigenvalue weighted by Gasteiger charge is -2.26. The SMILES string of the molecule is CC(c1ccccc1)c1nnc(CCl)n1C(C)(C)C. The fraction of sp³-hybridized carbons (Fsp3) is 0.467. The number of aromatic nitrogens is 3. The molecule has 1 aromatic carbocycles. The summed E-state index contributed by atoms with van der Waals surface area (Å²) in [4.78, 5) is 0. The van der Waals surface area contributed by atoms with Crippen LogP contribution in [0.1, 0.15) is 50.8 Å². The summed E-state index contributed by atoms with van der Waals surface area (Å²) in [6.45, 7) is 8.59. The molecule has 0 N–H and O–H groups in total. The molecule has 0 saturated heterocycles. The molecule has 0 aliphatic heterocycles. The Balaban J connectivity index is 2.49. The van der Waals surface area contributed by atoms with Crippen LogP contribution in [0.3, 0.4) is 0 Å². The van der Waals surface area contributed by atoms with Gasteiger partial charge in [-0.05, 0) is 26.3 Å². The zero-order valence-electron chi connectivity index (χ0n) is 11.9. The van der Waals surface area contributed by atoms with Gasteiger partial charge in [-0.3, -0.25) is 0 Å². The highest BCUT2D eigenvalue weighted by Crippen LogP contribution is 2.28. The highest BCUT2D eigenvalue weighted by atomic mass is 35.5. The molecule has 3 nitrogen and oxygen atoms in total. The van der Waals surface area contributed by atoms with Gasteiger partial charge in [0.15, 0.2) is 0 Å². The van der Waals surface area contributed by atoms with Crippen LogP contribution in [0.15, 0.2) is 30.3 Å². The average Bonchev–Trinajstić information content (AvgIpc) is 2.82.